The molecule has 0 unspecified atom stereocenters. The molecule has 0 bridgehead atoms. The summed E-state index contributed by atoms with van der Waals surface area (Å²) in [4.78, 5) is 10.8. The Hall–Kier alpha value is -1.06. The zero-order chi connectivity index (χ0) is 8.85. The van der Waals surface area contributed by atoms with Crippen LogP contribution in [-0.2, 0) is 9.53 Å². The van der Waals surface area contributed by atoms with Crippen LogP contribution in [-0.4, -0.2) is 24.0 Å². The van der Waals surface area contributed by atoms with Crippen LogP contribution >= 0.6 is 0 Å². The lowest BCUT2D eigenvalue weighted by molar-refractivity contribution is -0.133. The van der Waals surface area contributed by atoms with E-state index >= 15 is 0 Å². The van der Waals surface area contributed by atoms with Crippen LogP contribution in [0.4, 0.5) is 0 Å². The number of carbonyl (C=O) groups is 1. The first-order chi connectivity index (χ1) is 5.11. The monoisotopic (exact) mass is 159 g/mol. The quantitative estimate of drug-likeness (QED) is 0.289. The summed E-state index contributed by atoms with van der Waals surface area (Å²) in [5, 5.41) is 11.2. The largest absolute Gasteiger partial charge is 0.464 e. The van der Waals surface area contributed by atoms with Gasteiger partial charge >= 0.3 is 5.97 Å². The molecule has 0 aromatic heterocycles. The SMILES string of the molecule is COC(=O)/C(CC(C)C)=N\O. The zero-order valence-electron chi connectivity index (χ0n) is 7.00. The van der Waals surface area contributed by atoms with Gasteiger partial charge in [0, 0.05) is 6.42 Å². The lowest BCUT2D eigenvalue weighted by Gasteiger charge is -2.03. The highest BCUT2D eigenvalue weighted by molar-refractivity contribution is 6.36. The Morgan fingerprint density at radius 1 is 1.64 bits per heavy atom. The highest BCUT2D eigenvalue weighted by Crippen LogP contribution is 2.02. The van der Waals surface area contributed by atoms with E-state index in [-0.39, 0.29) is 11.6 Å². The Bertz CT molecular complexity index is 163. The third kappa shape index (κ3) is 3.60. The first kappa shape index (κ1) is 9.94. The number of ether oxygens (including phenoxy) is 1. The highest BCUT2D eigenvalue weighted by Gasteiger charge is 2.13. The van der Waals surface area contributed by atoms with Crippen molar-refractivity contribution in [1.82, 2.24) is 0 Å². The van der Waals surface area contributed by atoms with Crippen LogP contribution in [0, 0.1) is 5.92 Å². The lowest BCUT2D eigenvalue weighted by atomic mass is 10.1. The second-order valence-electron chi connectivity index (χ2n) is 2.64. The second-order valence-corrected chi connectivity index (χ2v) is 2.64. The van der Waals surface area contributed by atoms with Gasteiger partial charge in [-0.05, 0) is 5.92 Å². The van der Waals surface area contributed by atoms with Crippen molar-refractivity contribution >= 4 is 11.7 Å². The fraction of sp³-hybridized carbons (Fsp3) is 0.714. The van der Waals surface area contributed by atoms with Crippen molar-refractivity contribution in [3.63, 3.8) is 0 Å². The molecule has 64 valence electrons. The maximum atomic E-state index is 10.8. The van der Waals surface area contributed by atoms with Gasteiger partial charge in [0.1, 0.15) is 0 Å². The van der Waals surface area contributed by atoms with E-state index in [1.54, 1.807) is 0 Å². The molecular formula is C7H13NO3. The number of esters is 1. The van der Waals surface area contributed by atoms with Gasteiger partial charge in [0.15, 0.2) is 5.71 Å². The van der Waals surface area contributed by atoms with E-state index in [1.807, 2.05) is 13.8 Å². The lowest BCUT2D eigenvalue weighted by Crippen LogP contribution is -2.17. The van der Waals surface area contributed by atoms with Crippen LogP contribution in [0.1, 0.15) is 20.3 Å². The maximum absolute atomic E-state index is 10.8. The fourth-order valence-corrected chi connectivity index (χ4v) is 0.669. The first-order valence-electron chi connectivity index (χ1n) is 3.41. The van der Waals surface area contributed by atoms with Crippen LogP contribution in [0.25, 0.3) is 0 Å². The van der Waals surface area contributed by atoms with E-state index in [9.17, 15) is 4.79 Å². The van der Waals surface area contributed by atoms with E-state index in [0.717, 1.165) is 0 Å². The molecule has 0 aromatic carbocycles. The molecule has 4 heteroatoms. The van der Waals surface area contributed by atoms with Gasteiger partial charge in [-0.15, -0.1) is 0 Å². The highest BCUT2D eigenvalue weighted by atomic mass is 16.5. The number of methoxy groups -OCH3 is 1. The van der Waals surface area contributed by atoms with Gasteiger partial charge in [0.05, 0.1) is 7.11 Å². The van der Waals surface area contributed by atoms with E-state index in [0.29, 0.717) is 6.42 Å². The van der Waals surface area contributed by atoms with Crippen molar-refractivity contribution in [1.29, 1.82) is 0 Å². The van der Waals surface area contributed by atoms with E-state index in [1.165, 1.54) is 7.11 Å². The average molecular weight is 159 g/mol. The number of carbonyl (C=O) groups excluding carboxylic acids is 1. The predicted molar refractivity (Wildman–Crippen MR) is 40.7 cm³/mol. The van der Waals surface area contributed by atoms with Gasteiger partial charge in [0.2, 0.25) is 0 Å². The minimum absolute atomic E-state index is 0.0718. The van der Waals surface area contributed by atoms with Crippen LogP contribution in [0.3, 0.4) is 0 Å². The zero-order valence-corrected chi connectivity index (χ0v) is 7.00. The van der Waals surface area contributed by atoms with Crippen molar-refractivity contribution in [2.45, 2.75) is 20.3 Å². The Morgan fingerprint density at radius 2 is 2.18 bits per heavy atom. The molecule has 4 nitrogen and oxygen atoms in total. The molecule has 0 aromatic rings. The average Bonchev–Trinajstić information content (AvgIpc) is 1.98. The molecule has 0 rings (SSSR count). The van der Waals surface area contributed by atoms with Gasteiger partial charge in [-0.2, -0.15) is 0 Å². The smallest absolute Gasteiger partial charge is 0.355 e. The van der Waals surface area contributed by atoms with E-state index < -0.39 is 5.97 Å². The molecule has 0 aliphatic rings. The Labute approximate surface area is 65.8 Å². The van der Waals surface area contributed by atoms with E-state index in [4.69, 9.17) is 5.21 Å². The molecule has 0 saturated heterocycles. The van der Waals surface area contributed by atoms with Crippen molar-refractivity contribution in [3.8, 4) is 0 Å². The first-order valence-corrected chi connectivity index (χ1v) is 3.41. The third-order valence-electron chi connectivity index (χ3n) is 1.14. The van der Waals surface area contributed by atoms with Gasteiger partial charge in [0.25, 0.3) is 0 Å². The van der Waals surface area contributed by atoms with Crippen LogP contribution in [0.15, 0.2) is 5.16 Å². The van der Waals surface area contributed by atoms with E-state index in [2.05, 4.69) is 9.89 Å². The minimum Gasteiger partial charge on any atom is -0.464 e. The van der Waals surface area contributed by atoms with Crippen LogP contribution < -0.4 is 0 Å². The summed E-state index contributed by atoms with van der Waals surface area (Å²) >= 11 is 0. The molecule has 0 aliphatic heterocycles. The Kier molecular flexibility index (Phi) is 4.26. The topological polar surface area (TPSA) is 58.9 Å². The Balaban J connectivity index is 4.09. The number of hydrogen-bond donors (Lipinski definition) is 1. The van der Waals surface area contributed by atoms with Gasteiger partial charge in [-0.25, -0.2) is 4.79 Å². The molecule has 0 atom stereocenters. The molecule has 0 amide bonds. The summed E-state index contributed by atoms with van der Waals surface area (Å²) in [6.45, 7) is 3.85. The molecule has 0 saturated carbocycles. The van der Waals surface area contributed by atoms with Crippen molar-refractivity contribution in [3.05, 3.63) is 0 Å². The summed E-state index contributed by atoms with van der Waals surface area (Å²) in [7, 11) is 1.26. The van der Waals surface area contributed by atoms with Crippen molar-refractivity contribution in [2.24, 2.45) is 11.1 Å². The summed E-state index contributed by atoms with van der Waals surface area (Å²) in [5.41, 5.74) is 0.0718. The molecule has 0 spiro atoms. The molecule has 11 heavy (non-hydrogen) atoms. The van der Waals surface area contributed by atoms with Gasteiger partial charge in [-0.1, -0.05) is 19.0 Å². The van der Waals surface area contributed by atoms with Crippen molar-refractivity contribution < 1.29 is 14.7 Å². The van der Waals surface area contributed by atoms with Crippen LogP contribution in [0.5, 0.6) is 0 Å². The summed E-state index contributed by atoms with van der Waals surface area (Å²) in [6.07, 6.45) is 0.434. The summed E-state index contributed by atoms with van der Waals surface area (Å²) in [5.74, 6) is -0.291. The molecule has 0 radical (unpaired) electrons. The maximum Gasteiger partial charge on any atom is 0.355 e. The molecular weight excluding hydrogens is 146 g/mol. The Morgan fingerprint density at radius 3 is 2.45 bits per heavy atom. The van der Waals surface area contributed by atoms with Crippen LogP contribution in [0.2, 0.25) is 0 Å². The number of rotatable bonds is 3. The fourth-order valence-electron chi connectivity index (χ4n) is 0.669. The predicted octanol–water partition coefficient (Wildman–Crippen LogP) is 1.04. The van der Waals surface area contributed by atoms with Gasteiger partial charge in [-0.3, -0.25) is 0 Å². The summed E-state index contributed by atoms with van der Waals surface area (Å²) < 4.78 is 4.37. The minimum atomic E-state index is -0.568. The molecule has 0 fully saturated rings. The second kappa shape index (κ2) is 4.71. The molecule has 0 aliphatic carbocycles. The molecule has 0 heterocycles. The normalized spacial score (nSPS) is 11.8. The number of hydrogen-bond acceptors (Lipinski definition) is 4. The number of nitrogens with zero attached hydrogens (tertiary/aromatic N) is 1. The molecule has 1 N–H and O–H groups in total. The van der Waals surface area contributed by atoms with Gasteiger partial charge < -0.3 is 9.94 Å². The number of oxime groups is 1. The standard InChI is InChI=1S/C7H13NO3/c1-5(2)4-6(8-10)7(9)11-3/h5,10H,4H2,1-3H3/b8-6-. The third-order valence-corrected chi connectivity index (χ3v) is 1.14. The summed E-state index contributed by atoms with van der Waals surface area (Å²) in [6, 6.07) is 0. The van der Waals surface area contributed by atoms with Crippen molar-refractivity contribution in [2.75, 3.05) is 7.11 Å².